The molecule has 0 aromatic heterocycles. The van der Waals surface area contributed by atoms with Gasteiger partial charge in [0.15, 0.2) is 6.29 Å². The smallest absolute Gasteiger partial charge is 0.183 e. The summed E-state index contributed by atoms with van der Waals surface area (Å²) in [6, 6.07) is 6.26. The largest absolute Gasteiger partial charge is 0.496 e. The summed E-state index contributed by atoms with van der Waals surface area (Å²) in [7, 11) is 3.59. The molecule has 0 spiro atoms. The van der Waals surface area contributed by atoms with Gasteiger partial charge in [-0.1, -0.05) is 6.07 Å². The molecule has 4 nitrogen and oxygen atoms in total. The van der Waals surface area contributed by atoms with Crippen molar-refractivity contribution in [3.05, 3.63) is 29.3 Å². The van der Waals surface area contributed by atoms with E-state index in [1.165, 1.54) is 0 Å². The first-order chi connectivity index (χ1) is 8.24. The fraction of sp³-hybridized carbons (Fsp3) is 0.538. The highest BCUT2D eigenvalue weighted by molar-refractivity contribution is 5.36. The van der Waals surface area contributed by atoms with Crippen LogP contribution in [0.1, 0.15) is 17.4 Å². The van der Waals surface area contributed by atoms with E-state index in [9.17, 15) is 0 Å². The van der Waals surface area contributed by atoms with E-state index in [2.05, 4.69) is 5.32 Å². The molecule has 1 heterocycles. The molecule has 1 fully saturated rings. The van der Waals surface area contributed by atoms with Gasteiger partial charge in [-0.05, 0) is 31.7 Å². The lowest BCUT2D eigenvalue weighted by atomic mass is 10.1. The molecule has 17 heavy (non-hydrogen) atoms. The lowest BCUT2D eigenvalue weighted by Gasteiger charge is -2.29. The zero-order valence-corrected chi connectivity index (χ0v) is 10.5. The Morgan fingerprint density at radius 1 is 1.29 bits per heavy atom. The highest BCUT2D eigenvalue weighted by Crippen LogP contribution is 2.27. The van der Waals surface area contributed by atoms with E-state index in [4.69, 9.17) is 14.2 Å². The van der Waals surface area contributed by atoms with Crippen LogP contribution in [-0.4, -0.2) is 33.4 Å². The molecule has 0 amide bonds. The molecule has 0 unspecified atom stereocenters. The van der Waals surface area contributed by atoms with Gasteiger partial charge in [-0.2, -0.15) is 0 Å². The summed E-state index contributed by atoms with van der Waals surface area (Å²) in [6.45, 7) is 3.36. The van der Waals surface area contributed by atoms with Crippen LogP contribution in [0.4, 0.5) is 0 Å². The first-order valence-corrected chi connectivity index (χ1v) is 5.79. The third-order valence-corrected chi connectivity index (χ3v) is 3.00. The number of hydrogen-bond acceptors (Lipinski definition) is 4. The second-order valence-electron chi connectivity index (χ2n) is 4.21. The number of ether oxygens (including phenoxy) is 3. The summed E-state index contributed by atoms with van der Waals surface area (Å²) >= 11 is 0. The van der Waals surface area contributed by atoms with Crippen molar-refractivity contribution in [2.45, 2.75) is 19.3 Å². The van der Waals surface area contributed by atoms with Crippen LogP contribution in [0.15, 0.2) is 18.2 Å². The number of likely N-dealkylation sites (N-methyl/N-ethyl adjacent to an activating group) is 1. The van der Waals surface area contributed by atoms with Gasteiger partial charge >= 0.3 is 0 Å². The highest BCUT2D eigenvalue weighted by Gasteiger charge is 2.22. The number of nitrogens with one attached hydrogen (secondary N) is 1. The van der Waals surface area contributed by atoms with Gasteiger partial charge in [0, 0.05) is 5.56 Å². The minimum atomic E-state index is -0.260. The first kappa shape index (κ1) is 12.4. The Morgan fingerprint density at radius 3 is 2.53 bits per heavy atom. The second kappa shape index (κ2) is 5.49. The molecular formula is C13H19NO3. The van der Waals surface area contributed by atoms with Gasteiger partial charge in [0.1, 0.15) is 5.75 Å². The van der Waals surface area contributed by atoms with Gasteiger partial charge in [-0.15, -0.1) is 0 Å². The first-order valence-electron chi connectivity index (χ1n) is 5.79. The summed E-state index contributed by atoms with van der Waals surface area (Å²) in [6.07, 6.45) is -0.260. The molecule has 1 N–H and O–H groups in total. The molecule has 1 aliphatic heterocycles. The molecule has 0 bridgehead atoms. The van der Waals surface area contributed by atoms with Crippen molar-refractivity contribution in [3.63, 3.8) is 0 Å². The summed E-state index contributed by atoms with van der Waals surface area (Å²) in [5.74, 6) is 0.887. The van der Waals surface area contributed by atoms with Crippen LogP contribution >= 0.6 is 0 Å². The van der Waals surface area contributed by atoms with E-state index < -0.39 is 0 Å². The molecule has 0 aliphatic carbocycles. The number of rotatable bonds is 3. The molecule has 0 radical (unpaired) electrons. The zero-order chi connectivity index (χ0) is 12.3. The monoisotopic (exact) mass is 237 g/mol. The minimum absolute atomic E-state index is 0.260. The normalized spacial score (nSPS) is 24.6. The van der Waals surface area contributed by atoms with Crippen LogP contribution in [-0.2, 0) is 9.47 Å². The van der Waals surface area contributed by atoms with Crippen LogP contribution in [0.5, 0.6) is 5.75 Å². The van der Waals surface area contributed by atoms with E-state index in [-0.39, 0.29) is 12.3 Å². The third-order valence-electron chi connectivity index (χ3n) is 3.00. The number of hydrogen-bond donors (Lipinski definition) is 1. The van der Waals surface area contributed by atoms with Crippen LogP contribution in [0, 0.1) is 6.92 Å². The van der Waals surface area contributed by atoms with Crippen LogP contribution in [0.25, 0.3) is 0 Å². The van der Waals surface area contributed by atoms with E-state index in [1.54, 1.807) is 7.11 Å². The minimum Gasteiger partial charge on any atom is -0.496 e. The molecule has 1 aromatic rings. The lowest BCUT2D eigenvalue weighted by molar-refractivity contribution is -0.193. The lowest BCUT2D eigenvalue weighted by Crippen LogP contribution is -2.40. The molecule has 4 heteroatoms. The molecule has 94 valence electrons. The summed E-state index contributed by atoms with van der Waals surface area (Å²) in [4.78, 5) is 0. The van der Waals surface area contributed by atoms with Crippen LogP contribution < -0.4 is 10.1 Å². The summed E-state index contributed by atoms with van der Waals surface area (Å²) in [5.41, 5.74) is 2.13. The molecule has 1 saturated heterocycles. The van der Waals surface area contributed by atoms with Crippen molar-refractivity contribution < 1.29 is 14.2 Å². The maximum Gasteiger partial charge on any atom is 0.183 e. The van der Waals surface area contributed by atoms with Gasteiger partial charge in [0.25, 0.3) is 0 Å². The summed E-state index contributed by atoms with van der Waals surface area (Å²) in [5, 5.41) is 3.14. The van der Waals surface area contributed by atoms with E-state index in [1.807, 2.05) is 32.2 Å². The molecule has 1 aromatic carbocycles. The molecule has 1 aliphatic rings. The Hall–Kier alpha value is -1.10. The Labute approximate surface area is 102 Å². The topological polar surface area (TPSA) is 39.7 Å². The number of benzene rings is 1. The third kappa shape index (κ3) is 2.77. The average molecular weight is 237 g/mol. The predicted octanol–water partition coefficient (Wildman–Crippen LogP) is 1.64. The molecule has 2 rings (SSSR count). The van der Waals surface area contributed by atoms with Crippen molar-refractivity contribution in [2.75, 3.05) is 27.4 Å². The van der Waals surface area contributed by atoms with Crippen molar-refractivity contribution in [1.29, 1.82) is 0 Å². The van der Waals surface area contributed by atoms with Gasteiger partial charge in [-0.25, -0.2) is 0 Å². The SMILES string of the molecule is CNC1COC(c2ccc(OC)c(C)c2)OC1. The number of methoxy groups -OCH3 is 1. The van der Waals surface area contributed by atoms with E-state index >= 15 is 0 Å². The Bertz CT molecular complexity index is 373. The second-order valence-corrected chi connectivity index (χ2v) is 4.21. The Morgan fingerprint density at radius 2 is 2.00 bits per heavy atom. The van der Waals surface area contributed by atoms with Crippen molar-refractivity contribution in [2.24, 2.45) is 0 Å². The maximum absolute atomic E-state index is 5.67. The van der Waals surface area contributed by atoms with Gasteiger partial charge < -0.3 is 19.5 Å². The molecule has 0 saturated carbocycles. The molecule has 0 atom stereocenters. The Kier molecular flexibility index (Phi) is 3.99. The van der Waals surface area contributed by atoms with Gasteiger partial charge in [0.05, 0.1) is 26.4 Å². The van der Waals surface area contributed by atoms with Crippen molar-refractivity contribution >= 4 is 0 Å². The number of aryl methyl sites for hydroxylation is 1. The highest BCUT2D eigenvalue weighted by atomic mass is 16.7. The van der Waals surface area contributed by atoms with E-state index in [0.29, 0.717) is 13.2 Å². The fourth-order valence-electron chi connectivity index (χ4n) is 1.91. The van der Waals surface area contributed by atoms with Gasteiger partial charge in [-0.3, -0.25) is 0 Å². The average Bonchev–Trinajstić information content (AvgIpc) is 2.39. The summed E-state index contributed by atoms with van der Waals surface area (Å²) < 4.78 is 16.6. The fourth-order valence-corrected chi connectivity index (χ4v) is 1.91. The van der Waals surface area contributed by atoms with Crippen LogP contribution in [0.3, 0.4) is 0 Å². The quantitative estimate of drug-likeness (QED) is 0.867. The predicted molar refractivity (Wildman–Crippen MR) is 65.2 cm³/mol. The van der Waals surface area contributed by atoms with E-state index in [0.717, 1.165) is 16.9 Å². The maximum atomic E-state index is 5.67. The zero-order valence-electron chi connectivity index (χ0n) is 10.5. The van der Waals surface area contributed by atoms with Crippen molar-refractivity contribution in [3.8, 4) is 5.75 Å². The van der Waals surface area contributed by atoms with Crippen LogP contribution in [0.2, 0.25) is 0 Å². The molecular weight excluding hydrogens is 218 g/mol. The standard InChI is InChI=1S/C13H19NO3/c1-9-6-10(4-5-12(9)15-3)13-16-7-11(14-2)8-17-13/h4-6,11,13-14H,7-8H2,1-3H3. The Balaban J connectivity index is 2.06. The van der Waals surface area contributed by atoms with Gasteiger partial charge in [0.2, 0.25) is 0 Å². The van der Waals surface area contributed by atoms with Crippen molar-refractivity contribution in [1.82, 2.24) is 5.32 Å².